The molecule has 8 rings (SSSR count). The molecule has 0 bridgehead atoms. The van der Waals surface area contributed by atoms with Crippen molar-refractivity contribution in [2.24, 2.45) is 0 Å². The Labute approximate surface area is 264 Å². The van der Waals surface area contributed by atoms with E-state index >= 15 is 0 Å². The normalized spacial score (nSPS) is 12.8. The summed E-state index contributed by atoms with van der Waals surface area (Å²) in [5.41, 5.74) is 15.3. The highest BCUT2D eigenvalue weighted by Gasteiger charge is 2.35. The van der Waals surface area contributed by atoms with Crippen LogP contribution >= 0.6 is 0 Å². The van der Waals surface area contributed by atoms with Crippen LogP contribution in [0.2, 0.25) is 0 Å². The topological polar surface area (TPSA) is 25.8 Å². The third kappa shape index (κ3) is 4.85. The second-order valence-corrected chi connectivity index (χ2v) is 12.3. The largest absolute Gasteiger partial charge is 0.228 e. The molecule has 7 aromatic rings. The van der Waals surface area contributed by atoms with Crippen LogP contribution in [0.15, 0.2) is 158 Å². The molecule has 1 heterocycles. The summed E-state index contributed by atoms with van der Waals surface area (Å²) in [6.07, 6.45) is 0. The Balaban J connectivity index is 1.13. The van der Waals surface area contributed by atoms with Crippen molar-refractivity contribution < 1.29 is 0 Å². The molecule has 6 aromatic carbocycles. The Kier molecular flexibility index (Phi) is 6.50. The zero-order valence-corrected chi connectivity index (χ0v) is 25.4. The fourth-order valence-corrected chi connectivity index (χ4v) is 6.66. The predicted octanol–water partition coefficient (Wildman–Crippen LogP) is 11.1. The van der Waals surface area contributed by atoms with Crippen molar-refractivity contribution in [3.63, 3.8) is 0 Å². The Morgan fingerprint density at radius 3 is 1.56 bits per heavy atom. The van der Waals surface area contributed by atoms with Crippen molar-refractivity contribution in [2.45, 2.75) is 19.3 Å². The van der Waals surface area contributed by atoms with Gasteiger partial charge >= 0.3 is 0 Å². The highest BCUT2D eigenvalue weighted by molar-refractivity contribution is 5.84. The number of benzene rings is 6. The van der Waals surface area contributed by atoms with Gasteiger partial charge in [0.25, 0.3) is 0 Å². The van der Waals surface area contributed by atoms with Crippen molar-refractivity contribution >= 4 is 0 Å². The summed E-state index contributed by atoms with van der Waals surface area (Å²) in [6, 6.07) is 56.0. The quantitative estimate of drug-likeness (QED) is 0.204. The monoisotopic (exact) mass is 576 g/mol. The highest BCUT2D eigenvalue weighted by atomic mass is 14.9. The van der Waals surface area contributed by atoms with Crippen LogP contribution in [0.5, 0.6) is 0 Å². The summed E-state index contributed by atoms with van der Waals surface area (Å²) >= 11 is 0. The van der Waals surface area contributed by atoms with Gasteiger partial charge in [-0.1, -0.05) is 153 Å². The molecule has 0 aliphatic heterocycles. The van der Waals surface area contributed by atoms with E-state index in [4.69, 9.17) is 9.97 Å². The van der Waals surface area contributed by atoms with Crippen LogP contribution in [-0.4, -0.2) is 9.97 Å². The van der Waals surface area contributed by atoms with Gasteiger partial charge in [0, 0.05) is 22.1 Å². The van der Waals surface area contributed by atoms with Gasteiger partial charge in [0.1, 0.15) is 0 Å². The minimum absolute atomic E-state index is 0.0167. The van der Waals surface area contributed by atoms with Crippen molar-refractivity contribution in [3.8, 4) is 67.3 Å². The van der Waals surface area contributed by atoms with Gasteiger partial charge in [0.15, 0.2) is 5.82 Å². The Bertz CT molecular complexity index is 2100. The minimum atomic E-state index is -0.0167. The van der Waals surface area contributed by atoms with Crippen LogP contribution in [0.4, 0.5) is 0 Å². The predicted molar refractivity (Wildman–Crippen MR) is 187 cm³/mol. The number of rotatable bonds is 5. The summed E-state index contributed by atoms with van der Waals surface area (Å²) in [5, 5.41) is 0. The zero-order valence-electron chi connectivity index (χ0n) is 25.4. The first kappa shape index (κ1) is 27.0. The lowest BCUT2D eigenvalue weighted by molar-refractivity contribution is 0.660. The average Bonchev–Trinajstić information content (AvgIpc) is 3.34. The van der Waals surface area contributed by atoms with Crippen molar-refractivity contribution in [3.05, 3.63) is 169 Å². The van der Waals surface area contributed by atoms with E-state index in [1.54, 1.807) is 0 Å². The van der Waals surface area contributed by atoms with Gasteiger partial charge in [-0.2, -0.15) is 0 Å². The fraction of sp³-hybridized carbons (Fsp3) is 0.0698. The maximum absolute atomic E-state index is 5.00. The Hall–Kier alpha value is -5.60. The molecule has 0 radical (unpaired) electrons. The van der Waals surface area contributed by atoms with Gasteiger partial charge < -0.3 is 0 Å². The van der Waals surface area contributed by atoms with E-state index in [-0.39, 0.29) is 5.41 Å². The van der Waals surface area contributed by atoms with Crippen LogP contribution in [0.1, 0.15) is 25.0 Å². The molecule has 1 aliphatic carbocycles. The molecule has 0 saturated carbocycles. The lowest BCUT2D eigenvalue weighted by Crippen LogP contribution is -2.14. The lowest BCUT2D eigenvalue weighted by atomic mass is 9.81. The van der Waals surface area contributed by atoms with E-state index in [0.717, 1.165) is 33.9 Å². The number of hydrogen-bond acceptors (Lipinski definition) is 2. The second-order valence-electron chi connectivity index (χ2n) is 12.3. The summed E-state index contributed by atoms with van der Waals surface area (Å²) in [7, 11) is 0. The molecule has 0 fully saturated rings. The molecule has 2 heteroatoms. The van der Waals surface area contributed by atoms with E-state index < -0.39 is 0 Å². The maximum atomic E-state index is 5.00. The number of hydrogen-bond donors (Lipinski definition) is 0. The number of nitrogens with zero attached hydrogens (tertiary/aromatic N) is 2. The van der Waals surface area contributed by atoms with Crippen LogP contribution in [0, 0.1) is 0 Å². The third-order valence-electron chi connectivity index (χ3n) is 9.12. The third-order valence-corrected chi connectivity index (χ3v) is 9.12. The summed E-state index contributed by atoms with van der Waals surface area (Å²) in [4.78, 5) is 9.93. The summed E-state index contributed by atoms with van der Waals surface area (Å²) < 4.78 is 0. The smallest absolute Gasteiger partial charge is 0.160 e. The maximum Gasteiger partial charge on any atom is 0.160 e. The number of fused-ring (bicyclic) bond motifs is 3. The van der Waals surface area contributed by atoms with Gasteiger partial charge in [-0.25, -0.2) is 9.97 Å². The average molecular weight is 577 g/mol. The van der Waals surface area contributed by atoms with Crippen LogP contribution < -0.4 is 0 Å². The Morgan fingerprint density at radius 1 is 0.356 bits per heavy atom. The first-order chi connectivity index (χ1) is 22.0. The van der Waals surface area contributed by atoms with E-state index in [0.29, 0.717) is 0 Å². The van der Waals surface area contributed by atoms with Crippen molar-refractivity contribution in [2.75, 3.05) is 0 Å². The van der Waals surface area contributed by atoms with E-state index in [2.05, 4.69) is 135 Å². The molecule has 0 spiro atoms. The molecular formula is C43H32N2. The first-order valence-electron chi connectivity index (χ1n) is 15.5. The molecule has 0 atom stereocenters. The first-order valence-corrected chi connectivity index (χ1v) is 15.5. The van der Waals surface area contributed by atoms with Gasteiger partial charge in [-0.05, 0) is 62.7 Å². The highest BCUT2D eigenvalue weighted by Crippen LogP contribution is 2.49. The van der Waals surface area contributed by atoms with Gasteiger partial charge in [0.05, 0.1) is 11.4 Å². The van der Waals surface area contributed by atoms with Gasteiger partial charge in [-0.3, -0.25) is 0 Å². The lowest BCUT2D eigenvalue weighted by Gasteiger charge is -2.22. The van der Waals surface area contributed by atoms with E-state index in [9.17, 15) is 0 Å². The second kappa shape index (κ2) is 10.8. The number of aromatic nitrogens is 2. The molecule has 0 unspecified atom stereocenters. The fourth-order valence-electron chi connectivity index (χ4n) is 6.66. The molecule has 1 aromatic heterocycles. The minimum Gasteiger partial charge on any atom is -0.228 e. The molecule has 214 valence electrons. The van der Waals surface area contributed by atoms with E-state index in [1.807, 2.05) is 36.4 Å². The molecule has 0 N–H and O–H groups in total. The van der Waals surface area contributed by atoms with Crippen LogP contribution in [-0.2, 0) is 5.41 Å². The molecule has 0 amide bonds. The molecule has 1 aliphatic rings. The standard InChI is InChI=1S/C43H32N2/c1-43(2)38-19-10-9-18-36(38)37-25-24-35(27-39(37)43)34-17-11-16-33(26-34)29-20-22-31(23-21-29)41-28-40(30-12-5-3-6-13-30)44-42(45-41)32-14-7-4-8-15-32/h3-28H,1-2H3. The SMILES string of the molecule is CC1(C)c2ccccc2-c2ccc(-c3cccc(-c4ccc(-c5cc(-c6ccccc6)nc(-c6ccccc6)n5)cc4)c3)cc21. The summed E-state index contributed by atoms with van der Waals surface area (Å²) in [6.45, 7) is 4.67. The Morgan fingerprint density at radius 2 is 0.844 bits per heavy atom. The van der Waals surface area contributed by atoms with E-state index in [1.165, 1.54) is 44.5 Å². The van der Waals surface area contributed by atoms with Gasteiger partial charge in [-0.15, -0.1) is 0 Å². The van der Waals surface area contributed by atoms with Crippen molar-refractivity contribution in [1.82, 2.24) is 9.97 Å². The molecular weight excluding hydrogens is 544 g/mol. The zero-order chi connectivity index (χ0) is 30.4. The summed E-state index contributed by atoms with van der Waals surface area (Å²) in [5.74, 6) is 0.726. The van der Waals surface area contributed by atoms with Gasteiger partial charge in [0.2, 0.25) is 0 Å². The molecule has 45 heavy (non-hydrogen) atoms. The van der Waals surface area contributed by atoms with Crippen LogP contribution in [0.3, 0.4) is 0 Å². The molecule has 0 saturated heterocycles. The van der Waals surface area contributed by atoms with Crippen LogP contribution in [0.25, 0.3) is 67.3 Å². The van der Waals surface area contributed by atoms with Crippen molar-refractivity contribution in [1.29, 1.82) is 0 Å². The molecule has 2 nitrogen and oxygen atoms in total.